The monoisotopic (exact) mass is 477 g/mol. The number of aromatic nitrogens is 1. The van der Waals surface area contributed by atoms with Crippen LogP contribution in [-0.2, 0) is 18.0 Å². The largest absolute Gasteiger partial charge is 0.493 e. The molecular weight excluding hydrogens is 460 g/mol. The number of nitrogens with zero attached hydrogens (tertiary/aromatic N) is 1. The first-order valence-corrected chi connectivity index (χ1v) is 10.7. The maximum Gasteiger partial charge on any atom is 0.341 e. The fourth-order valence-corrected chi connectivity index (χ4v) is 4.29. The van der Waals surface area contributed by atoms with Crippen LogP contribution in [0.1, 0.15) is 21.6 Å². The topological polar surface area (TPSA) is 76.1 Å². The smallest absolute Gasteiger partial charge is 0.341 e. The Morgan fingerprint density at radius 3 is 2.69 bits per heavy atom. The van der Waals surface area contributed by atoms with Gasteiger partial charge in [-0.15, -0.1) is 0 Å². The van der Waals surface area contributed by atoms with Gasteiger partial charge >= 0.3 is 5.97 Å². The molecule has 0 bridgehead atoms. The molecule has 0 saturated heterocycles. The van der Waals surface area contributed by atoms with E-state index < -0.39 is 17.6 Å². The second kappa shape index (κ2) is 8.12. The van der Waals surface area contributed by atoms with Crippen LogP contribution >= 0.6 is 0 Å². The Labute approximate surface area is 197 Å². The third-order valence-electron chi connectivity index (χ3n) is 5.97. The van der Waals surface area contributed by atoms with Gasteiger partial charge in [0, 0.05) is 22.6 Å². The van der Waals surface area contributed by atoms with Gasteiger partial charge in [0.15, 0.2) is 34.6 Å². The Hall–Kier alpha value is -4.40. The zero-order chi connectivity index (χ0) is 24.1. The summed E-state index contributed by atoms with van der Waals surface area (Å²) in [5.41, 5.74) is 2.77. The van der Waals surface area contributed by atoms with Gasteiger partial charge in [-0.05, 0) is 29.8 Å². The summed E-state index contributed by atoms with van der Waals surface area (Å²) in [5, 5.41) is 0.627. The first kappa shape index (κ1) is 21.2. The van der Waals surface area contributed by atoms with E-state index in [-0.39, 0.29) is 31.3 Å². The molecule has 2 aliphatic heterocycles. The number of esters is 1. The van der Waals surface area contributed by atoms with Gasteiger partial charge in [-0.2, -0.15) is 0 Å². The lowest BCUT2D eigenvalue weighted by atomic mass is 9.94. The summed E-state index contributed by atoms with van der Waals surface area (Å²) in [7, 11) is 1.46. The molecule has 3 heterocycles. The Morgan fingerprint density at radius 2 is 1.83 bits per heavy atom. The van der Waals surface area contributed by atoms with Crippen LogP contribution < -0.4 is 18.9 Å². The van der Waals surface area contributed by atoms with E-state index in [9.17, 15) is 13.6 Å². The van der Waals surface area contributed by atoms with Crippen LogP contribution in [0.3, 0.4) is 0 Å². The average Bonchev–Trinajstić information content (AvgIpc) is 3.49. The Morgan fingerprint density at radius 1 is 0.971 bits per heavy atom. The number of carbonyl (C=O) groups is 1. The minimum absolute atomic E-state index is 0.0401. The average molecular weight is 477 g/mol. The SMILES string of the molecule is COc1cc2c(-c3ccc4c(c3)OCO4)c3c(nc2cc1OCc1cccc(F)c1F)COC3=O. The number of methoxy groups -OCH3 is 1. The lowest BCUT2D eigenvalue weighted by Gasteiger charge is -2.16. The zero-order valence-corrected chi connectivity index (χ0v) is 18.4. The van der Waals surface area contributed by atoms with Crippen LogP contribution in [0.4, 0.5) is 8.78 Å². The minimum atomic E-state index is -0.969. The molecule has 4 aromatic rings. The van der Waals surface area contributed by atoms with Crippen molar-refractivity contribution in [3.8, 4) is 34.1 Å². The molecule has 0 saturated carbocycles. The molecule has 35 heavy (non-hydrogen) atoms. The van der Waals surface area contributed by atoms with E-state index in [1.165, 1.54) is 19.2 Å². The first-order valence-electron chi connectivity index (χ1n) is 10.7. The van der Waals surface area contributed by atoms with E-state index in [0.29, 0.717) is 50.5 Å². The van der Waals surface area contributed by atoms with E-state index in [1.807, 2.05) is 6.07 Å². The van der Waals surface area contributed by atoms with Gasteiger partial charge in [-0.25, -0.2) is 18.6 Å². The predicted molar refractivity (Wildman–Crippen MR) is 120 cm³/mol. The van der Waals surface area contributed by atoms with E-state index in [1.54, 1.807) is 24.3 Å². The van der Waals surface area contributed by atoms with Crippen LogP contribution in [0.25, 0.3) is 22.0 Å². The number of hydrogen-bond donors (Lipinski definition) is 0. The summed E-state index contributed by atoms with van der Waals surface area (Å²) in [6, 6.07) is 12.6. The number of halogens is 2. The van der Waals surface area contributed by atoms with Gasteiger partial charge in [0.05, 0.1) is 23.9 Å². The van der Waals surface area contributed by atoms with Crippen LogP contribution in [0.5, 0.6) is 23.0 Å². The van der Waals surface area contributed by atoms with Crippen molar-refractivity contribution < 1.29 is 37.3 Å². The second-order valence-corrected chi connectivity index (χ2v) is 7.97. The van der Waals surface area contributed by atoms with Crippen molar-refractivity contribution in [2.45, 2.75) is 13.2 Å². The van der Waals surface area contributed by atoms with E-state index in [2.05, 4.69) is 4.98 Å². The molecule has 0 atom stereocenters. The maximum atomic E-state index is 14.1. The number of benzene rings is 3. The standard InChI is InChI=1S/C26H17F2NO6/c1-31-20-8-15-17(9-22(20)32-10-14-3-2-4-16(27)25(14)28)29-18-11-33-26(30)24(18)23(15)13-5-6-19-21(7-13)35-12-34-19/h2-9H,10-12H2,1H3. The molecule has 2 aliphatic rings. The van der Waals surface area contributed by atoms with Gasteiger partial charge in [-0.3, -0.25) is 0 Å². The number of pyridine rings is 1. The summed E-state index contributed by atoms with van der Waals surface area (Å²) in [6.07, 6.45) is 0. The summed E-state index contributed by atoms with van der Waals surface area (Å²) in [6.45, 7) is -0.0537. The summed E-state index contributed by atoms with van der Waals surface area (Å²) in [5.74, 6) is -0.582. The molecule has 0 fully saturated rings. The fraction of sp³-hybridized carbons (Fsp3) is 0.154. The van der Waals surface area contributed by atoms with Crippen molar-refractivity contribution in [3.05, 3.63) is 77.0 Å². The van der Waals surface area contributed by atoms with Crippen molar-refractivity contribution in [1.29, 1.82) is 0 Å². The number of rotatable bonds is 5. The summed E-state index contributed by atoms with van der Waals surface area (Å²) in [4.78, 5) is 17.3. The molecule has 0 radical (unpaired) electrons. The molecular formula is C26H17F2NO6. The van der Waals surface area contributed by atoms with E-state index in [4.69, 9.17) is 23.7 Å². The highest BCUT2D eigenvalue weighted by Gasteiger charge is 2.30. The Balaban J connectivity index is 1.49. The molecule has 176 valence electrons. The lowest BCUT2D eigenvalue weighted by Crippen LogP contribution is -2.04. The Bertz CT molecular complexity index is 1520. The van der Waals surface area contributed by atoms with Gasteiger partial charge in [0.25, 0.3) is 0 Å². The number of carbonyl (C=O) groups excluding carboxylic acids is 1. The highest BCUT2D eigenvalue weighted by Crippen LogP contribution is 2.44. The Kier molecular flexibility index (Phi) is 4.91. The number of ether oxygens (including phenoxy) is 5. The minimum Gasteiger partial charge on any atom is -0.493 e. The van der Waals surface area contributed by atoms with Crippen molar-refractivity contribution in [2.75, 3.05) is 13.9 Å². The normalized spacial score (nSPS) is 13.6. The zero-order valence-electron chi connectivity index (χ0n) is 18.4. The molecule has 6 rings (SSSR count). The van der Waals surface area contributed by atoms with Crippen LogP contribution in [0.15, 0.2) is 48.5 Å². The van der Waals surface area contributed by atoms with Gasteiger partial charge < -0.3 is 23.7 Å². The molecule has 0 unspecified atom stereocenters. The number of fused-ring (bicyclic) bond motifs is 3. The molecule has 9 heteroatoms. The highest BCUT2D eigenvalue weighted by atomic mass is 19.2. The van der Waals surface area contributed by atoms with Crippen LogP contribution in [-0.4, -0.2) is 24.9 Å². The number of cyclic esters (lactones) is 1. The third-order valence-corrected chi connectivity index (χ3v) is 5.97. The van der Waals surface area contributed by atoms with Crippen LogP contribution in [0, 0.1) is 11.6 Å². The molecule has 0 N–H and O–H groups in total. The second-order valence-electron chi connectivity index (χ2n) is 7.97. The van der Waals surface area contributed by atoms with Gasteiger partial charge in [-0.1, -0.05) is 18.2 Å². The quantitative estimate of drug-likeness (QED) is 0.367. The molecule has 0 spiro atoms. The fourth-order valence-electron chi connectivity index (χ4n) is 4.29. The van der Waals surface area contributed by atoms with E-state index >= 15 is 0 Å². The lowest BCUT2D eigenvalue weighted by molar-refractivity contribution is 0.0534. The van der Waals surface area contributed by atoms with Crippen molar-refractivity contribution in [1.82, 2.24) is 4.98 Å². The van der Waals surface area contributed by atoms with E-state index in [0.717, 1.165) is 6.07 Å². The summed E-state index contributed by atoms with van der Waals surface area (Å²) < 4.78 is 55.2. The molecule has 0 aliphatic carbocycles. The van der Waals surface area contributed by atoms with Gasteiger partial charge in [0.2, 0.25) is 6.79 Å². The first-order chi connectivity index (χ1) is 17.0. The molecule has 3 aromatic carbocycles. The number of hydrogen-bond acceptors (Lipinski definition) is 7. The maximum absolute atomic E-state index is 14.1. The highest BCUT2D eigenvalue weighted by molar-refractivity contribution is 6.09. The summed E-state index contributed by atoms with van der Waals surface area (Å²) >= 11 is 0. The van der Waals surface area contributed by atoms with Crippen molar-refractivity contribution in [2.24, 2.45) is 0 Å². The third kappa shape index (κ3) is 3.47. The molecule has 0 amide bonds. The predicted octanol–water partition coefficient (Wildman–Crippen LogP) is 5.17. The van der Waals surface area contributed by atoms with Crippen molar-refractivity contribution in [3.63, 3.8) is 0 Å². The van der Waals surface area contributed by atoms with Crippen LogP contribution in [0.2, 0.25) is 0 Å². The van der Waals surface area contributed by atoms with Crippen molar-refractivity contribution >= 4 is 16.9 Å². The van der Waals surface area contributed by atoms with Gasteiger partial charge in [0.1, 0.15) is 13.2 Å². The molecule has 1 aromatic heterocycles. The molecule has 7 nitrogen and oxygen atoms in total.